The highest BCUT2D eigenvalue weighted by Crippen LogP contribution is 2.32. The number of phenolic OH excluding ortho intramolecular Hbond substituents is 1. The van der Waals surface area contributed by atoms with Crippen LogP contribution in [0.4, 0.5) is 0 Å². The summed E-state index contributed by atoms with van der Waals surface area (Å²) in [6.07, 6.45) is 1.72. The van der Waals surface area contributed by atoms with E-state index in [1.54, 1.807) is 6.08 Å². The SMILES string of the molecule is O=C(CCN1C(=O)C(=Cc2cccc(Br)c2)SC1=S)NNC(=O)c1ccc(O)cc1. The number of thioether (sulfide) groups is 1. The molecule has 2 aromatic rings. The lowest BCUT2D eigenvalue weighted by Crippen LogP contribution is -2.43. The number of hydrogen-bond acceptors (Lipinski definition) is 6. The summed E-state index contributed by atoms with van der Waals surface area (Å²) in [6.45, 7) is 0.0986. The second-order valence-electron chi connectivity index (χ2n) is 6.19. The van der Waals surface area contributed by atoms with Crippen LogP contribution in [0.25, 0.3) is 6.08 Å². The first-order chi connectivity index (χ1) is 14.3. The highest BCUT2D eigenvalue weighted by molar-refractivity contribution is 9.10. The van der Waals surface area contributed by atoms with E-state index in [-0.39, 0.29) is 30.2 Å². The average molecular weight is 506 g/mol. The molecule has 7 nitrogen and oxygen atoms in total. The Morgan fingerprint density at radius 3 is 2.60 bits per heavy atom. The summed E-state index contributed by atoms with van der Waals surface area (Å²) >= 11 is 9.84. The Kier molecular flexibility index (Phi) is 7.24. The minimum Gasteiger partial charge on any atom is -0.508 e. The molecule has 1 saturated heterocycles. The molecule has 0 atom stereocenters. The maximum absolute atomic E-state index is 12.6. The van der Waals surface area contributed by atoms with Gasteiger partial charge in [-0.15, -0.1) is 0 Å². The molecular formula is C20H16BrN3O4S2. The fourth-order valence-corrected chi connectivity index (χ4v) is 4.25. The zero-order valence-electron chi connectivity index (χ0n) is 15.4. The fraction of sp³-hybridized carbons (Fsp3) is 0.100. The Balaban J connectivity index is 1.52. The van der Waals surface area contributed by atoms with Crippen LogP contribution in [0.1, 0.15) is 22.3 Å². The molecule has 0 saturated carbocycles. The zero-order valence-corrected chi connectivity index (χ0v) is 18.6. The molecule has 3 N–H and O–H groups in total. The van der Waals surface area contributed by atoms with Gasteiger partial charge < -0.3 is 5.11 Å². The van der Waals surface area contributed by atoms with Crippen LogP contribution in [0, 0.1) is 0 Å². The van der Waals surface area contributed by atoms with E-state index >= 15 is 0 Å². The normalized spacial score (nSPS) is 14.8. The molecule has 154 valence electrons. The van der Waals surface area contributed by atoms with Crippen LogP contribution in [-0.2, 0) is 9.59 Å². The van der Waals surface area contributed by atoms with Crippen molar-refractivity contribution in [1.29, 1.82) is 0 Å². The number of amides is 3. The molecule has 3 rings (SSSR count). The maximum Gasteiger partial charge on any atom is 0.269 e. The predicted molar refractivity (Wildman–Crippen MR) is 122 cm³/mol. The van der Waals surface area contributed by atoms with Crippen molar-refractivity contribution in [1.82, 2.24) is 15.8 Å². The summed E-state index contributed by atoms with van der Waals surface area (Å²) in [7, 11) is 0. The number of phenols is 1. The summed E-state index contributed by atoms with van der Waals surface area (Å²) < 4.78 is 1.28. The maximum atomic E-state index is 12.6. The lowest BCUT2D eigenvalue weighted by atomic mass is 10.2. The number of hydrogen-bond donors (Lipinski definition) is 3. The summed E-state index contributed by atoms with van der Waals surface area (Å²) in [5, 5.41) is 9.23. The number of carbonyl (C=O) groups excluding carboxylic acids is 3. The number of thiocarbonyl (C=S) groups is 1. The Bertz CT molecular complexity index is 1040. The quantitative estimate of drug-likeness (QED) is 0.327. The average Bonchev–Trinajstić information content (AvgIpc) is 2.97. The van der Waals surface area contributed by atoms with Gasteiger partial charge in [-0.25, -0.2) is 0 Å². The van der Waals surface area contributed by atoms with E-state index in [0.717, 1.165) is 10.0 Å². The molecule has 0 radical (unpaired) electrons. The molecule has 30 heavy (non-hydrogen) atoms. The summed E-state index contributed by atoms with van der Waals surface area (Å²) in [5.41, 5.74) is 5.72. The van der Waals surface area contributed by atoms with E-state index in [0.29, 0.717) is 9.23 Å². The minimum absolute atomic E-state index is 0.0352. The van der Waals surface area contributed by atoms with Crippen molar-refractivity contribution < 1.29 is 19.5 Å². The molecule has 3 amide bonds. The van der Waals surface area contributed by atoms with Crippen molar-refractivity contribution in [3.8, 4) is 5.75 Å². The van der Waals surface area contributed by atoms with Gasteiger partial charge >= 0.3 is 0 Å². The van der Waals surface area contributed by atoms with Crippen LogP contribution < -0.4 is 10.9 Å². The Morgan fingerprint density at radius 1 is 1.17 bits per heavy atom. The van der Waals surface area contributed by atoms with Gasteiger partial charge in [-0.05, 0) is 48.0 Å². The van der Waals surface area contributed by atoms with Crippen molar-refractivity contribution in [2.75, 3.05) is 6.54 Å². The Labute approximate surface area is 190 Å². The van der Waals surface area contributed by atoms with E-state index in [4.69, 9.17) is 12.2 Å². The molecule has 10 heteroatoms. The standard InChI is InChI=1S/C20H16BrN3O4S2/c21-14-3-1-2-12(10-14)11-16-19(28)24(20(29)30-16)9-8-17(26)22-23-18(27)13-4-6-15(25)7-5-13/h1-7,10-11,25H,8-9H2,(H,22,26)(H,23,27). The number of nitrogens with one attached hydrogen (secondary N) is 2. The van der Waals surface area contributed by atoms with Gasteiger partial charge in [-0.1, -0.05) is 52.0 Å². The van der Waals surface area contributed by atoms with Gasteiger partial charge in [0.1, 0.15) is 10.1 Å². The second-order valence-corrected chi connectivity index (χ2v) is 8.78. The van der Waals surface area contributed by atoms with Crippen LogP contribution >= 0.6 is 39.9 Å². The minimum atomic E-state index is -0.522. The monoisotopic (exact) mass is 505 g/mol. The van der Waals surface area contributed by atoms with Crippen molar-refractivity contribution in [3.05, 3.63) is 69.0 Å². The van der Waals surface area contributed by atoms with Crippen LogP contribution in [0.15, 0.2) is 57.9 Å². The summed E-state index contributed by atoms with van der Waals surface area (Å²) in [6, 6.07) is 13.1. The molecule has 1 fully saturated rings. The van der Waals surface area contributed by atoms with Gasteiger partial charge in [0.15, 0.2) is 0 Å². The van der Waals surface area contributed by atoms with Gasteiger partial charge in [0.2, 0.25) is 5.91 Å². The van der Waals surface area contributed by atoms with Gasteiger partial charge in [-0.3, -0.25) is 30.1 Å². The third-order valence-corrected chi connectivity index (χ3v) is 5.90. The molecule has 0 unspecified atom stereocenters. The molecule has 1 aliphatic heterocycles. The van der Waals surface area contributed by atoms with Crippen LogP contribution in [0.5, 0.6) is 5.75 Å². The number of rotatable bonds is 5. The molecular weight excluding hydrogens is 490 g/mol. The number of aromatic hydroxyl groups is 1. The number of carbonyl (C=O) groups is 3. The lowest BCUT2D eigenvalue weighted by Gasteiger charge is -2.14. The first-order valence-corrected chi connectivity index (χ1v) is 10.7. The first-order valence-electron chi connectivity index (χ1n) is 8.72. The van der Waals surface area contributed by atoms with Crippen LogP contribution in [0.2, 0.25) is 0 Å². The van der Waals surface area contributed by atoms with E-state index in [9.17, 15) is 19.5 Å². The van der Waals surface area contributed by atoms with E-state index in [2.05, 4.69) is 26.8 Å². The lowest BCUT2D eigenvalue weighted by molar-refractivity contribution is -0.124. The predicted octanol–water partition coefficient (Wildman–Crippen LogP) is 3.21. The third kappa shape index (κ3) is 5.68. The molecule has 0 aliphatic carbocycles. The fourth-order valence-electron chi connectivity index (χ4n) is 2.53. The zero-order chi connectivity index (χ0) is 21.7. The van der Waals surface area contributed by atoms with E-state index < -0.39 is 11.8 Å². The van der Waals surface area contributed by atoms with E-state index in [1.807, 2.05) is 24.3 Å². The van der Waals surface area contributed by atoms with Crippen molar-refractivity contribution in [3.63, 3.8) is 0 Å². The van der Waals surface area contributed by atoms with Crippen molar-refractivity contribution in [2.24, 2.45) is 0 Å². The first kappa shape index (κ1) is 22.0. The molecule has 1 heterocycles. The van der Waals surface area contributed by atoms with Gasteiger partial charge in [-0.2, -0.15) is 0 Å². The smallest absolute Gasteiger partial charge is 0.269 e. The molecule has 2 aromatic carbocycles. The summed E-state index contributed by atoms with van der Waals surface area (Å²) in [5.74, 6) is -1.21. The topological polar surface area (TPSA) is 98.7 Å². The molecule has 1 aliphatic rings. The van der Waals surface area contributed by atoms with E-state index in [1.165, 1.54) is 40.9 Å². The Hall–Kier alpha value is -2.69. The highest BCUT2D eigenvalue weighted by atomic mass is 79.9. The van der Waals surface area contributed by atoms with Crippen LogP contribution in [-0.4, -0.2) is 38.6 Å². The third-order valence-electron chi connectivity index (χ3n) is 4.03. The summed E-state index contributed by atoms with van der Waals surface area (Å²) in [4.78, 5) is 38.5. The second kappa shape index (κ2) is 9.88. The highest BCUT2D eigenvalue weighted by Gasteiger charge is 2.32. The molecule has 0 aromatic heterocycles. The molecule has 0 bridgehead atoms. The van der Waals surface area contributed by atoms with Gasteiger partial charge in [0.05, 0.1) is 4.91 Å². The van der Waals surface area contributed by atoms with Gasteiger partial charge in [0, 0.05) is 23.0 Å². The molecule has 0 spiro atoms. The van der Waals surface area contributed by atoms with Crippen molar-refractivity contribution >= 4 is 68.0 Å². The number of hydrazine groups is 1. The number of halogens is 1. The van der Waals surface area contributed by atoms with Crippen LogP contribution in [0.3, 0.4) is 0 Å². The van der Waals surface area contributed by atoms with Crippen molar-refractivity contribution in [2.45, 2.75) is 6.42 Å². The largest absolute Gasteiger partial charge is 0.508 e. The van der Waals surface area contributed by atoms with Gasteiger partial charge in [0.25, 0.3) is 11.8 Å². The Morgan fingerprint density at radius 2 is 1.90 bits per heavy atom. The number of benzene rings is 2. The number of nitrogens with zero attached hydrogens (tertiary/aromatic N) is 1.